The molecule has 0 fully saturated rings. The molecule has 0 aliphatic heterocycles. The largest absolute Gasteiger partial charge is 0.480 e. The first kappa shape index (κ1) is 19.5. The highest BCUT2D eigenvalue weighted by molar-refractivity contribution is 5.91. The maximum absolute atomic E-state index is 13.3. The molecule has 0 radical (unpaired) electrons. The summed E-state index contributed by atoms with van der Waals surface area (Å²) >= 11 is 0. The van der Waals surface area contributed by atoms with Crippen LogP contribution in [0.15, 0.2) is 91.1 Å². The van der Waals surface area contributed by atoms with Crippen molar-refractivity contribution in [2.24, 2.45) is 0 Å². The van der Waals surface area contributed by atoms with E-state index < -0.39 is 17.9 Å². The van der Waals surface area contributed by atoms with E-state index in [1.165, 1.54) is 0 Å². The molecule has 4 rings (SSSR count). The third-order valence-corrected chi connectivity index (χ3v) is 5.24. The van der Waals surface area contributed by atoms with Gasteiger partial charge in [0, 0.05) is 23.5 Å². The second-order valence-electron chi connectivity index (χ2n) is 7.22. The lowest BCUT2D eigenvalue weighted by atomic mass is 9.90. The molecule has 4 aromatic rings. The van der Waals surface area contributed by atoms with Gasteiger partial charge in [0.1, 0.15) is 6.04 Å². The number of para-hydroxylation sites is 1. The molecular formula is C25H22N2O3. The Morgan fingerprint density at radius 1 is 0.833 bits per heavy atom. The number of rotatable bonds is 7. The van der Waals surface area contributed by atoms with E-state index in [0.29, 0.717) is 0 Å². The number of amides is 1. The smallest absolute Gasteiger partial charge is 0.326 e. The Kier molecular flexibility index (Phi) is 5.61. The van der Waals surface area contributed by atoms with Crippen LogP contribution in [0.3, 0.4) is 0 Å². The second kappa shape index (κ2) is 8.66. The van der Waals surface area contributed by atoms with E-state index in [-0.39, 0.29) is 12.3 Å². The molecular weight excluding hydrogens is 376 g/mol. The zero-order chi connectivity index (χ0) is 20.9. The van der Waals surface area contributed by atoms with Crippen molar-refractivity contribution in [3.05, 3.63) is 108 Å². The molecule has 1 heterocycles. The molecule has 3 N–H and O–H groups in total. The van der Waals surface area contributed by atoms with Crippen molar-refractivity contribution in [3.8, 4) is 0 Å². The molecule has 30 heavy (non-hydrogen) atoms. The van der Waals surface area contributed by atoms with Gasteiger partial charge in [-0.05, 0) is 22.8 Å². The van der Waals surface area contributed by atoms with E-state index in [2.05, 4.69) is 10.3 Å². The quantitative estimate of drug-likeness (QED) is 0.438. The lowest BCUT2D eigenvalue weighted by Gasteiger charge is -2.21. The Morgan fingerprint density at radius 3 is 2.00 bits per heavy atom. The molecule has 5 nitrogen and oxygen atoms in total. The van der Waals surface area contributed by atoms with Gasteiger partial charge in [0.05, 0.1) is 5.92 Å². The lowest BCUT2D eigenvalue weighted by Crippen LogP contribution is -2.44. The predicted molar refractivity (Wildman–Crippen MR) is 116 cm³/mol. The molecule has 150 valence electrons. The van der Waals surface area contributed by atoms with Gasteiger partial charge in [-0.25, -0.2) is 4.79 Å². The summed E-state index contributed by atoms with van der Waals surface area (Å²) in [5.41, 5.74) is 3.43. The number of hydrogen-bond acceptors (Lipinski definition) is 2. The van der Waals surface area contributed by atoms with Crippen molar-refractivity contribution in [2.75, 3.05) is 0 Å². The Bertz CT molecular complexity index is 1110. The van der Waals surface area contributed by atoms with Crippen molar-refractivity contribution in [1.82, 2.24) is 10.3 Å². The van der Waals surface area contributed by atoms with Crippen LogP contribution in [0.4, 0.5) is 0 Å². The van der Waals surface area contributed by atoms with Crippen molar-refractivity contribution in [1.29, 1.82) is 0 Å². The normalized spacial score (nSPS) is 12.0. The second-order valence-corrected chi connectivity index (χ2v) is 7.22. The van der Waals surface area contributed by atoms with Crippen molar-refractivity contribution in [2.45, 2.75) is 18.4 Å². The SMILES string of the molecule is O=C(O)C(Cc1c[nH]c2ccccc12)NC(=O)C(c1ccccc1)c1ccccc1. The third kappa shape index (κ3) is 4.10. The minimum Gasteiger partial charge on any atom is -0.480 e. The van der Waals surface area contributed by atoms with Gasteiger partial charge in [-0.15, -0.1) is 0 Å². The van der Waals surface area contributed by atoms with E-state index >= 15 is 0 Å². The van der Waals surface area contributed by atoms with Gasteiger partial charge in [-0.3, -0.25) is 4.79 Å². The highest BCUT2D eigenvalue weighted by atomic mass is 16.4. The monoisotopic (exact) mass is 398 g/mol. The van der Waals surface area contributed by atoms with Crippen LogP contribution in [0.1, 0.15) is 22.6 Å². The number of fused-ring (bicyclic) bond motifs is 1. The lowest BCUT2D eigenvalue weighted by molar-refractivity contribution is -0.141. The van der Waals surface area contributed by atoms with E-state index in [9.17, 15) is 14.7 Å². The van der Waals surface area contributed by atoms with Crippen LogP contribution in [0.25, 0.3) is 10.9 Å². The van der Waals surface area contributed by atoms with Gasteiger partial charge in [0.15, 0.2) is 0 Å². The number of carbonyl (C=O) groups excluding carboxylic acids is 1. The Balaban J connectivity index is 1.61. The minimum atomic E-state index is -1.06. The number of aliphatic carboxylic acids is 1. The molecule has 0 saturated heterocycles. The van der Waals surface area contributed by atoms with Crippen LogP contribution < -0.4 is 5.32 Å². The molecule has 0 aliphatic carbocycles. The molecule has 0 bridgehead atoms. The van der Waals surface area contributed by atoms with Gasteiger partial charge < -0.3 is 15.4 Å². The molecule has 1 atom stereocenters. The summed E-state index contributed by atoms with van der Waals surface area (Å²) < 4.78 is 0. The molecule has 3 aromatic carbocycles. The Labute approximate surface area is 174 Å². The van der Waals surface area contributed by atoms with Crippen LogP contribution in [-0.2, 0) is 16.0 Å². The first-order chi connectivity index (χ1) is 14.6. The van der Waals surface area contributed by atoms with Crippen LogP contribution in [0.5, 0.6) is 0 Å². The van der Waals surface area contributed by atoms with Crippen LogP contribution in [0.2, 0.25) is 0 Å². The summed E-state index contributed by atoms with van der Waals surface area (Å²) in [5.74, 6) is -1.98. The maximum atomic E-state index is 13.3. The molecule has 0 saturated carbocycles. The highest BCUT2D eigenvalue weighted by Crippen LogP contribution is 2.25. The molecule has 1 unspecified atom stereocenters. The van der Waals surface area contributed by atoms with Gasteiger partial charge in [-0.1, -0.05) is 78.9 Å². The van der Waals surface area contributed by atoms with Gasteiger partial charge >= 0.3 is 5.97 Å². The number of H-pyrrole nitrogens is 1. The number of nitrogens with one attached hydrogen (secondary N) is 2. The topological polar surface area (TPSA) is 82.2 Å². The van der Waals surface area contributed by atoms with E-state index in [1.54, 1.807) is 6.20 Å². The van der Waals surface area contributed by atoms with Gasteiger partial charge in [-0.2, -0.15) is 0 Å². The maximum Gasteiger partial charge on any atom is 0.326 e. The first-order valence-corrected chi connectivity index (χ1v) is 9.81. The number of aromatic nitrogens is 1. The number of carbonyl (C=O) groups is 2. The number of aromatic amines is 1. The van der Waals surface area contributed by atoms with Crippen molar-refractivity contribution >= 4 is 22.8 Å². The Morgan fingerprint density at radius 2 is 1.40 bits per heavy atom. The van der Waals surface area contributed by atoms with E-state index in [4.69, 9.17) is 0 Å². The van der Waals surface area contributed by atoms with Crippen LogP contribution >= 0.6 is 0 Å². The third-order valence-electron chi connectivity index (χ3n) is 5.24. The number of carboxylic acid groups (broad SMARTS) is 1. The van der Waals surface area contributed by atoms with E-state index in [1.807, 2.05) is 84.9 Å². The fraction of sp³-hybridized carbons (Fsp3) is 0.120. The predicted octanol–water partition coefficient (Wildman–Crippen LogP) is 4.11. The summed E-state index contributed by atoms with van der Waals surface area (Å²) in [7, 11) is 0. The molecule has 5 heteroatoms. The minimum absolute atomic E-state index is 0.196. The highest BCUT2D eigenvalue weighted by Gasteiger charge is 2.28. The number of hydrogen-bond donors (Lipinski definition) is 3. The van der Waals surface area contributed by atoms with Crippen LogP contribution in [0, 0.1) is 0 Å². The summed E-state index contributed by atoms with van der Waals surface area (Å²) in [6.07, 6.45) is 2.00. The number of benzene rings is 3. The fourth-order valence-corrected chi connectivity index (χ4v) is 3.76. The zero-order valence-electron chi connectivity index (χ0n) is 16.3. The fourth-order valence-electron chi connectivity index (χ4n) is 3.76. The van der Waals surface area contributed by atoms with Crippen molar-refractivity contribution < 1.29 is 14.7 Å². The average molecular weight is 398 g/mol. The van der Waals surface area contributed by atoms with Gasteiger partial charge in [0.25, 0.3) is 0 Å². The number of carboxylic acids is 1. The molecule has 0 spiro atoms. The van der Waals surface area contributed by atoms with Crippen molar-refractivity contribution in [3.63, 3.8) is 0 Å². The molecule has 1 amide bonds. The van der Waals surface area contributed by atoms with E-state index in [0.717, 1.165) is 27.6 Å². The van der Waals surface area contributed by atoms with Gasteiger partial charge in [0.2, 0.25) is 5.91 Å². The zero-order valence-corrected chi connectivity index (χ0v) is 16.3. The summed E-state index contributed by atoms with van der Waals surface area (Å²) in [6.45, 7) is 0. The van der Waals surface area contributed by atoms with Crippen LogP contribution in [-0.4, -0.2) is 28.0 Å². The first-order valence-electron chi connectivity index (χ1n) is 9.81. The molecule has 1 aromatic heterocycles. The Hall–Kier alpha value is -3.86. The summed E-state index contributed by atoms with van der Waals surface area (Å²) in [4.78, 5) is 28.4. The summed E-state index contributed by atoms with van der Waals surface area (Å²) in [5, 5.41) is 13.5. The standard InChI is InChI=1S/C25H22N2O3/c28-24(23(17-9-3-1-4-10-17)18-11-5-2-6-12-18)27-22(25(29)30)15-19-16-26-21-14-8-7-13-20(19)21/h1-14,16,22-23,26H,15H2,(H,27,28)(H,29,30). The molecule has 0 aliphatic rings. The average Bonchev–Trinajstić information content (AvgIpc) is 3.18. The summed E-state index contributed by atoms with van der Waals surface area (Å²) in [6, 6.07) is 25.5.